The van der Waals surface area contributed by atoms with Gasteiger partial charge in [-0.1, -0.05) is 11.6 Å². The molecule has 0 radical (unpaired) electrons. The van der Waals surface area contributed by atoms with Crippen molar-refractivity contribution in [1.29, 1.82) is 0 Å². The molecule has 150 valence electrons. The van der Waals surface area contributed by atoms with Crippen LogP contribution in [0.5, 0.6) is 5.75 Å². The molecule has 1 atom stereocenters. The Balaban J connectivity index is 2.78. The second-order valence-corrected chi connectivity index (χ2v) is 6.50. The second kappa shape index (κ2) is 11.7. The molecule has 0 aromatic heterocycles. The smallest absolute Gasteiger partial charge is 0.413 e. The summed E-state index contributed by atoms with van der Waals surface area (Å²) in [6, 6.07) is 3.30. The van der Waals surface area contributed by atoms with Gasteiger partial charge < -0.3 is 25.2 Å². The number of rotatable bonds is 11. The molecule has 11 heteroatoms. The lowest BCUT2D eigenvalue weighted by atomic mass is 10.1. The maximum Gasteiger partial charge on any atom is 0.413 e. The van der Waals surface area contributed by atoms with Gasteiger partial charge >= 0.3 is 18.0 Å². The molecule has 0 aliphatic rings. The number of hydrogen-bond acceptors (Lipinski definition) is 5. The fourth-order valence-electron chi connectivity index (χ4n) is 2.14. The van der Waals surface area contributed by atoms with E-state index >= 15 is 0 Å². The number of carboxylic acid groups (broad SMARTS) is 2. The van der Waals surface area contributed by atoms with Gasteiger partial charge in [-0.25, -0.2) is 9.59 Å². The first kappa shape index (κ1) is 23.1. The molecule has 8 nitrogen and oxygen atoms in total. The van der Waals surface area contributed by atoms with Crippen molar-refractivity contribution >= 4 is 58.5 Å². The van der Waals surface area contributed by atoms with E-state index < -0.39 is 30.5 Å². The summed E-state index contributed by atoms with van der Waals surface area (Å²) in [5, 5.41) is 19.9. The molecule has 0 aliphatic carbocycles. The molecular formula is C16H19Cl3N2O6. The van der Waals surface area contributed by atoms with Crippen LogP contribution in [0.3, 0.4) is 0 Å². The van der Waals surface area contributed by atoms with Gasteiger partial charge in [-0.3, -0.25) is 4.79 Å². The first-order chi connectivity index (χ1) is 12.8. The summed E-state index contributed by atoms with van der Waals surface area (Å²) in [4.78, 5) is 35.5. The summed E-state index contributed by atoms with van der Waals surface area (Å²) in [5.41, 5.74) is 0.735. The van der Waals surface area contributed by atoms with Crippen LogP contribution in [-0.4, -0.2) is 59.1 Å². The molecule has 0 saturated heterocycles. The molecule has 3 N–H and O–H groups in total. The minimum Gasteiger partial charge on any atom is -0.481 e. The zero-order chi connectivity index (χ0) is 20.4. The summed E-state index contributed by atoms with van der Waals surface area (Å²) in [7, 11) is 0. The Kier molecular flexibility index (Phi) is 10.1. The average Bonchev–Trinajstić information content (AvgIpc) is 2.59. The van der Waals surface area contributed by atoms with Crippen LogP contribution in [0.1, 0.15) is 12.8 Å². The lowest BCUT2D eigenvalue weighted by Crippen LogP contribution is -2.42. The van der Waals surface area contributed by atoms with E-state index in [1.807, 2.05) is 4.90 Å². The summed E-state index contributed by atoms with van der Waals surface area (Å²) < 4.78 is 5.02. The third kappa shape index (κ3) is 8.11. The summed E-state index contributed by atoms with van der Waals surface area (Å²) >= 11 is 17.6. The predicted molar refractivity (Wildman–Crippen MR) is 103 cm³/mol. The van der Waals surface area contributed by atoms with Crippen molar-refractivity contribution in [2.75, 3.05) is 29.7 Å². The Morgan fingerprint density at radius 3 is 2.26 bits per heavy atom. The molecule has 1 rings (SSSR count). The summed E-state index contributed by atoms with van der Waals surface area (Å²) in [6.07, 6.45) is -1.75. The first-order valence-corrected chi connectivity index (χ1v) is 9.32. The molecule has 0 fully saturated rings. The number of nitrogens with one attached hydrogen (secondary N) is 1. The molecule has 0 aliphatic heterocycles. The number of alkyl halides is 2. The summed E-state index contributed by atoms with van der Waals surface area (Å²) in [5.74, 6) is -1.73. The highest BCUT2D eigenvalue weighted by molar-refractivity contribution is 6.32. The van der Waals surface area contributed by atoms with Gasteiger partial charge in [0.05, 0.1) is 5.02 Å². The molecule has 1 amide bonds. The number of amides is 1. The van der Waals surface area contributed by atoms with Crippen LogP contribution in [0, 0.1) is 0 Å². The third-order valence-electron chi connectivity index (χ3n) is 3.43. The van der Waals surface area contributed by atoms with E-state index in [0.717, 1.165) is 5.69 Å². The SMILES string of the molecule is O=C(O)CC[C@H](NC(=O)Oc1ccc(N(CCCl)CCCl)cc1Cl)C(=O)O. The third-order valence-corrected chi connectivity index (χ3v) is 4.06. The van der Waals surface area contributed by atoms with Crippen LogP contribution in [0.15, 0.2) is 18.2 Å². The van der Waals surface area contributed by atoms with Gasteiger partial charge in [-0.05, 0) is 24.6 Å². The molecule has 0 heterocycles. The zero-order valence-electron chi connectivity index (χ0n) is 14.2. The Morgan fingerprint density at radius 2 is 1.78 bits per heavy atom. The van der Waals surface area contributed by atoms with Crippen LogP contribution < -0.4 is 15.0 Å². The number of hydrogen-bond donors (Lipinski definition) is 3. The van der Waals surface area contributed by atoms with Gasteiger partial charge in [0.25, 0.3) is 0 Å². The quantitative estimate of drug-likeness (QED) is 0.452. The van der Waals surface area contributed by atoms with E-state index in [0.29, 0.717) is 24.8 Å². The largest absolute Gasteiger partial charge is 0.481 e. The van der Waals surface area contributed by atoms with Crippen molar-refractivity contribution in [3.05, 3.63) is 23.2 Å². The maximum absolute atomic E-state index is 11.9. The number of benzene rings is 1. The van der Waals surface area contributed by atoms with Gasteiger partial charge in [0.2, 0.25) is 0 Å². The highest BCUT2D eigenvalue weighted by Crippen LogP contribution is 2.29. The molecule has 0 unspecified atom stereocenters. The molecule has 0 spiro atoms. The van der Waals surface area contributed by atoms with Gasteiger partial charge in [-0.2, -0.15) is 0 Å². The highest BCUT2D eigenvalue weighted by atomic mass is 35.5. The van der Waals surface area contributed by atoms with E-state index in [1.165, 1.54) is 6.07 Å². The molecular weight excluding hydrogens is 423 g/mol. The number of nitrogens with zero attached hydrogens (tertiary/aromatic N) is 1. The van der Waals surface area contributed by atoms with E-state index in [1.54, 1.807) is 12.1 Å². The summed E-state index contributed by atoms with van der Waals surface area (Å²) in [6.45, 7) is 1.10. The first-order valence-electron chi connectivity index (χ1n) is 7.87. The van der Waals surface area contributed by atoms with Crippen molar-refractivity contribution < 1.29 is 29.3 Å². The van der Waals surface area contributed by atoms with Crippen LogP contribution >= 0.6 is 34.8 Å². The van der Waals surface area contributed by atoms with Crippen molar-refractivity contribution in [3.63, 3.8) is 0 Å². The minimum atomic E-state index is -1.39. The second-order valence-electron chi connectivity index (χ2n) is 5.34. The van der Waals surface area contributed by atoms with Crippen molar-refractivity contribution in [3.8, 4) is 5.75 Å². The van der Waals surface area contributed by atoms with Gasteiger partial charge in [-0.15, -0.1) is 23.2 Å². The molecule has 0 saturated carbocycles. The fourth-order valence-corrected chi connectivity index (χ4v) is 2.76. The lowest BCUT2D eigenvalue weighted by molar-refractivity contribution is -0.140. The minimum absolute atomic E-state index is 0.0250. The van der Waals surface area contributed by atoms with E-state index in [2.05, 4.69) is 5.32 Å². The monoisotopic (exact) mass is 440 g/mol. The van der Waals surface area contributed by atoms with Crippen LogP contribution in [0.4, 0.5) is 10.5 Å². The molecule has 0 bridgehead atoms. The Hall–Kier alpha value is -1.90. The number of anilines is 1. The number of carbonyl (C=O) groups is 3. The van der Waals surface area contributed by atoms with Crippen LogP contribution in [-0.2, 0) is 9.59 Å². The van der Waals surface area contributed by atoms with Crippen molar-refractivity contribution in [2.45, 2.75) is 18.9 Å². The normalized spacial score (nSPS) is 11.5. The van der Waals surface area contributed by atoms with Gasteiger partial charge in [0.1, 0.15) is 6.04 Å². The van der Waals surface area contributed by atoms with Crippen LogP contribution in [0.25, 0.3) is 0 Å². The zero-order valence-corrected chi connectivity index (χ0v) is 16.4. The number of halogens is 3. The maximum atomic E-state index is 11.9. The standard InChI is InChI=1S/C16H19Cl3N2O6/c17-5-7-21(8-6-18)10-1-3-13(11(19)9-10)27-16(26)20-12(15(24)25)2-4-14(22)23/h1,3,9,12H,2,4-8H2,(H,20,26)(H,22,23)(H,24,25)/t12-/m0/s1. The fraction of sp³-hybridized carbons (Fsp3) is 0.438. The van der Waals surface area contributed by atoms with Crippen LogP contribution in [0.2, 0.25) is 5.02 Å². The average molecular weight is 442 g/mol. The number of carboxylic acids is 2. The Labute approximate surface area is 170 Å². The lowest BCUT2D eigenvalue weighted by Gasteiger charge is -2.23. The predicted octanol–water partition coefficient (Wildman–Crippen LogP) is 3.03. The van der Waals surface area contributed by atoms with Gasteiger partial charge in [0.15, 0.2) is 5.75 Å². The number of aliphatic carboxylic acids is 2. The van der Waals surface area contributed by atoms with E-state index in [-0.39, 0.29) is 17.2 Å². The topological polar surface area (TPSA) is 116 Å². The molecule has 1 aromatic carbocycles. The van der Waals surface area contributed by atoms with E-state index in [9.17, 15) is 14.4 Å². The van der Waals surface area contributed by atoms with Gasteiger partial charge in [0, 0.05) is 37.0 Å². The van der Waals surface area contributed by atoms with Crippen molar-refractivity contribution in [2.24, 2.45) is 0 Å². The highest BCUT2D eigenvalue weighted by Gasteiger charge is 2.22. The Morgan fingerprint density at radius 1 is 1.15 bits per heavy atom. The van der Waals surface area contributed by atoms with Crippen molar-refractivity contribution in [1.82, 2.24) is 5.32 Å². The van der Waals surface area contributed by atoms with E-state index in [4.69, 9.17) is 49.8 Å². The molecule has 1 aromatic rings. The number of carbonyl (C=O) groups excluding carboxylic acids is 1. The molecule has 27 heavy (non-hydrogen) atoms. The number of ether oxygens (including phenoxy) is 1. The Bertz CT molecular complexity index is 668.